The number of hydrogen-bond acceptors (Lipinski definition) is 6. The molecular weight excluding hydrogens is 294 g/mol. The minimum Gasteiger partial charge on any atom is -0.396 e. The largest absolute Gasteiger partial charge is 0.396 e. The zero-order valence-electron chi connectivity index (χ0n) is 12.1. The van der Waals surface area contributed by atoms with Crippen LogP contribution >= 0.6 is 0 Å². The fraction of sp³-hybridized carbons (Fsp3) is 0.462. The molecule has 0 amide bonds. The standard InChI is InChI=1S/C13H17N3O4S/c1-13(2,8-17)7-16-10(18)5-4-9-6-14-12(15-11(9)16)21(3,19)20/h4-6,17H,7-8H2,1-3H3. The van der Waals surface area contributed by atoms with Crippen LogP contribution in [0, 0.1) is 5.41 Å². The highest BCUT2D eigenvalue weighted by atomic mass is 32.2. The van der Waals surface area contributed by atoms with Crippen molar-refractivity contribution in [2.75, 3.05) is 12.9 Å². The molecule has 8 heteroatoms. The van der Waals surface area contributed by atoms with Gasteiger partial charge in [0.2, 0.25) is 15.0 Å². The number of pyridine rings is 1. The van der Waals surface area contributed by atoms with Crippen LogP contribution in [0.3, 0.4) is 0 Å². The smallest absolute Gasteiger partial charge is 0.252 e. The third-order valence-corrected chi connectivity index (χ3v) is 3.91. The number of aromatic nitrogens is 3. The van der Waals surface area contributed by atoms with E-state index in [2.05, 4.69) is 9.97 Å². The summed E-state index contributed by atoms with van der Waals surface area (Å²) in [6.07, 6.45) is 2.39. The lowest BCUT2D eigenvalue weighted by Gasteiger charge is -2.23. The van der Waals surface area contributed by atoms with E-state index in [0.717, 1.165) is 6.26 Å². The predicted molar refractivity (Wildman–Crippen MR) is 77.8 cm³/mol. The summed E-state index contributed by atoms with van der Waals surface area (Å²) in [5.41, 5.74) is -0.587. The molecule has 0 aromatic carbocycles. The van der Waals surface area contributed by atoms with E-state index in [9.17, 15) is 18.3 Å². The Kier molecular flexibility index (Phi) is 3.85. The summed E-state index contributed by atoms with van der Waals surface area (Å²) in [5, 5.41) is 9.60. The molecule has 7 nitrogen and oxygen atoms in total. The summed E-state index contributed by atoms with van der Waals surface area (Å²) in [4.78, 5) is 19.9. The van der Waals surface area contributed by atoms with Gasteiger partial charge in [0.05, 0.1) is 0 Å². The quantitative estimate of drug-likeness (QED) is 0.810. The van der Waals surface area contributed by atoms with Crippen LogP contribution < -0.4 is 5.56 Å². The van der Waals surface area contributed by atoms with Crippen molar-refractivity contribution >= 4 is 20.9 Å². The molecule has 2 aromatic heterocycles. The molecule has 0 aliphatic heterocycles. The number of nitrogens with zero attached hydrogens (tertiary/aromatic N) is 3. The highest BCUT2D eigenvalue weighted by Gasteiger charge is 2.21. The van der Waals surface area contributed by atoms with E-state index >= 15 is 0 Å². The zero-order chi connectivity index (χ0) is 15.8. The molecule has 0 bridgehead atoms. The molecule has 0 fully saturated rings. The molecule has 0 saturated carbocycles. The Morgan fingerprint density at radius 3 is 2.57 bits per heavy atom. The van der Waals surface area contributed by atoms with E-state index in [1.54, 1.807) is 19.9 Å². The second-order valence-corrected chi connectivity index (χ2v) is 7.69. The third kappa shape index (κ3) is 3.27. The zero-order valence-corrected chi connectivity index (χ0v) is 12.9. The van der Waals surface area contributed by atoms with Crippen molar-refractivity contribution < 1.29 is 13.5 Å². The van der Waals surface area contributed by atoms with Crippen molar-refractivity contribution in [3.63, 3.8) is 0 Å². The summed E-state index contributed by atoms with van der Waals surface area (Å²) in [6.45, 7) is 3.72. The molecule has 21 heavy (non-hydrogen) atoms. The Bertz CT molecular complexity index is 840. The van der Waals surface area contributed by atoms with Crippen molar-refractivity contribution in [3.05, 3.63) is 28.7 Å². The number of aliphatic hydroxyl groups excluding tert-OH is 1. The van der Waals surface area contributed by atoms with Gasteiger partial charge in [0.1, 0.15) is 5.65 Å². The average Bonchev–Trinajstić information content (AvgIpc) is 2.40. The van der Waals surface area contributed by atoms with Gasteiger partial charge in [0, 0.05) is 42.5 Å². The van der Waals surface area contributed by atoms with Gasteiger partial charge in [-0.15, -0.1) is 0 Å². The van der Waals surface area contributed by atoms with Gasteiger partial charge in [-0.05, 0) is 6.07 Å². The molecular formula is C13H17N3O4S. The molecule has 2 rings (SSSR count). The molecule has 114 valence electrons. The molecule has 0 aliphatic rings. The van der Waals surface area contributed by atoms with Crippen LogP contribution in [0.2, 0.25) is 0 Å². The highest BCUT2D eigenvalue weighted by molar-refractivity contribution is 7.90. The van der Waals surface area contributed by atoms with E-state index in [4.69, 9.17) is 0 Å². The number of aliphatic hydroxyl groups is 1. The highest BCUT2D eigenvalue weighted by Crippen LogP contribution is 2.19. The Hall–Kier alpha value is -1.80. The topological polar surface area (TPSA) is 102 Å². The van der Waals surface area contributed by atoms with Gasteiger partial charge >= 0.3 is 0 Å². The lowest BCUT2D eigenvalue weighted by molar-refractivity contribution is 0.141. The molecule has 0 radical (unpaired) electrons. The van der Waals surface area contributed by atoms with Gasteiger partial charge < -0.3 is 5.11 Å². The third-order valence-electron chi connectivity index (χ3n) is 3.05. The lowest BCUT2D eigenvalue weighted by Crippen LogP contribution is -2.31. The maximum absolute atomic E-state index is 12.1. The van der Waals surface area contributed by atoms with Gasteiger partial charge in [-0.3, -0.25) is 9.36 Å². The van der Waals surface area contributed by atoms with Crippen molar-refractivity contribution in [3.8, 4) is 0 Å². The molecule has 2 heterocycles. The average molecular weight is 311 g/mol. The van der Waals surface area contributed by atoms with Crippen LogP contribution in [-0.4, -0.2) is 40.9 Å². The lowest BCUT2D eigenvalue weighted by atomic mass is 9.95. The van der Waals surface area contributed by atoms with E-state index < -0.39 is 15.3 Å². The van der Waals surface area contributed by atoms with Crippen LogP contribution in [0.5, 0.6) is 0 Å². The SMILES string of the molecule is CC(C)(CO)Cn1c(=O)ccc2cnc(S(C)(=O)=O)nc21. The summed E-state index contributed by atoms with van der Waals surface area (Å²) >= 11 is 0. The number of sulfone groups is 1. The molecule has 0 aliphatic carbocycles. The Morgan fingerprint density at radius 2 is 2.00 bits per heavy atom. The predicted octanol–water partition coefficient (Wildman–Crippen LogP) is 0.214. The number of hydrogen-bond donors (Lipinski definition) is 1. The fourth-order valence-corrected chi connectivity index (χ4v) is 2.36. The van der Waals surface area contributed by atoms with Crippen molar-refractivity contribution in [2.24, 2.45) is 5.41 Å². The Labute approximate surface area is 122 Å². The summed E-state index contributed by atoms with van der Waals surface area (Å²) in [5.74, 6) is 0. The normalized spacial score (nSPS) is 12.8. The minimum absolute atomic E-state index is 0.111. The van der Waals surface area contributed by atoms with Gasteiger partial charge in [-0.25, -0.2) is 13.4 Å². The fourth-order valence-electron chi connectivity index (χ4n) is 1.87. The minimum atomic E-state index is -3.56. The van der Waals surface area contributed by atoms with Crippen LogP contribution in [0.1, 0.15) is 13.8 Å². The van der Waals surface area contributed by atoms with Crippen LogP contribution in [-0.2, 0) is 16.4 Å². The van der Waals surface area contributed by atoms with Crippen molar-refractivity contribution in [2.45, 2.75) is 25.5 Å². The van der Waals surface area contributed by atoms with E-state index in [1.165, 1.54) is 16.8 Å². The van der Waals surface area contributed by atoms with Crippen LogP contribution in [0.15, 0.2) is 28.3 Å². The molecule has 1 N–H and O–H groups in total. The number of rotatable bonds is 4. The Balaban J connectivity index is 2.73. The van der Waals surface area contributed by atoms with Crippen molar-refractivity contribution in [1.82, 2.24) is 14.5 Å². The Morgan fingerprint density at radius 1 is 1.33 bits per heavy atom. The van der Waals surface area contributed by atoms with Crippen molar-refractivity contribution in [1.29, 1.82) is 0 Å². The maximum atomic E-state index is 12.1. The summed E-state index contributed by atoms with van der Waals surface area (Å²) in [7, 11) is -3.56. The first kappa shape index (κ1) is 15.6. The second kappa shape index (κ2) is 5.19. The van der Waals surface area contributed by atoms with Crippen LogP contribution in [0.25, 0.3) is 11.0 Å². The van der Waals surface area contributed by atoms with Gasteiger partial charge in [-0.2, -0.15) is 4.98 Å². The monoisotopic (exact) mass is 311 g/mol. The molecule has 0 saturated heterocycles. The van der Waals surface area contributed by atoms with Gasteiger partial charge in [0.15, 0.2) is 0 Å². The summed E-state index contributed by atoms with van der Waals surface area (Å²) < 4.78 is 24.5. The van der Waals surface area contributed by atoms with Gasteiger partial charge in [-0.1, -0.05) is 13.8 Å². The molecule has 0 atom stereocenters. The summed E-state index contributed by atoms with van der Waals surface area (Å²) in [6, 6.07) is 2.92. The molecule has 0 unspecified atom stereocenters. The second-order valence-electron chi connectivity index (χ2n) is 5.78. The molecule has 2 aromatic rings. The first-order valence-corrected chi connectivity index (χ1v) is 8.21. The van der Waals surface area contributed by atoms with Gasteiger partial charge in [0.25, 0.3) is 5.56 Å². The van der Waals surface area contributed by atoms with E-state index in [0.29, 0.717) is 5.39 Å². The van der Waals surface area contributed by atoms with E-state index in [1.807, 2.05) is 0 Å². The van der Waals surface area contributed by atoms with Crippen LogP contribution in [0.4, 0.5) is 0 Å². The first-order chi connectivity index (χ1) is 9.64. The number of fused-ring (bicyclic) bond motifs is 1. The molecule has 0 spiro atoms. The maximum Gasteiger partial charge on any atom is 0.252 e. The first-order valence-electron chi connectivity index (χ1n) is 6.31. The van der Waals surface area contributed by atoms with E-state index in [-0.39, 0.29) is 29.5 Å².